The summed E-state index contributed by atoms with van der Waals surface area (Å²) in [6.07, 6.45) is 10.0. The molecular weight excluding hydrogens is 384 g/mol. The second kappa shape index (κ2) is 5.52. The summed E-state index contributed by atoms with van der Waals surface area (Å²) in [6.45, 7) is 6.76. The summed E-state index contributed by atoms with van der Waals surface area (Å²) in [4.78, 5) is 0. The molecule has 0 aromatic rings. The third-order valence-electron chi connectivity index (χ3n) is 10.4. The highest BCUT2D eigenvalue weighted by Gasteiger charge is 2.80. The first-order valence-electron chi connectivity index (χ1n) is 12.0. The molecule has 166 valence electrons. The summed E-state index contributed by atoms with van der Waals surface area (Å²) in [5.41, 5.74) is 0.126. The molecule has 7 rings (SSSR count). The van der Waals surface area contributed by atoms with Crippen molar-refractivity contribution in [3.8, 4) is 0 Å². The highest BCUT2D eigenvalue weighted by atomic mass is 16.8. The van der Waals surface area contributed by atoms with Crippen molar-refractivity contribution in [1.82, 2.24) is 0 Å². The van der Waals surface area contributed by atoms with Crippen LogP contribution in [0.5, 0.6) is 0 Å². The van der Waals surface area contributed by atoms with Gasteiger partial charge in [-0.15, -0.1) is 0 Å². The Balaban J connectivity index is 1.23. The van der Waals surface area contributed by atoms with Crippen molar-refractivity contribution in [2.75, 3.05) is 26.4 Å². The number of fused-ring (bicyclic) bond motifs is 3. The fourth-order valence-electron chi connectivity index (χ4n) is 8.85. The molecule has 6 heteroatoms. The van der Waals surface area contributed by atoms with E-state index in [1.807, 2.05) is 6.92 Å². The lowest BCUT2D eigenvalue weighted by Crippen LogP contribution is -2.62. The van der Waals surface area contributed by atoms with Crippen molar-refractivity contribution >= 4 is 0 Å². The van der Waals surface area contributed by atoms with Gasteiger partial charge >= 0.3 is 0 Å². The van der Waals surface area contributed by atoms with E-state index in [9.17, 15) is 5.11 Å². The SMILES string of the molecule is CC1([C@@]2(O)CC[C@H]3[C@@H]4CC[C@@]56CC7(CC[C@@]5(O6)C4=CC[C@@]32C)OCCO7)OCCO1. The van der Waals surface area contributed by atoms with Gasteiger partial charge in [-0.05, 0) is 62.9 Å². The summed E-state index contributed by atoms with van der Waals surface area (Å²) in [7, 11) is 0. The average Bonchev–Trinajstić information content (AvgIpc) is 3.04. The number of epoxide rings is 1. The monoisotopic (exact) mass is 418 g/mol. The Labute approximate surface area is 178 Å². The minimum atomic E-state index is -0.956. The summed E-state index contributed by atoms with van der Waals surface area (Å²) in [5.74, 6) is -0.379. The van der Waals surface area contributed by atoms with E-state index in [2.05, 4.69) is 13.0 Å². The quantitative estimate of drug-likeness (QED) is 0.521. The number of allylic oxidation sites excluding steroid dienone is 1. The summed E-state index contributed by atoms with van der Waals surface area (Å²) in [6, 6.07) is 0. The van der Waals surface area contributed by atoms with Crippen molar-refractivity contribution < 1.29 is 28.8 Å². The molecule has 0 bridgehead atoms. The number of ether oxygens (including phenoxy) is 5. The van der Waals surface area contributed by atoms with E-state index in [-0.39, 0.29) is 16.6 Å². The zero-order valence-electron chi connectivity index (χ0n) is 18.2. The molecule has 6 fully saturated rings. The molecule has 3 saturated heterocycles. The first-order chi connectivity index (χ1) is 14.3. The average molecular weight is 419 g/mol. The normalized spacial score (nSPS) is 54.8. The molecule has 7 aliphatic rings. The van der Waals surface area contributed by atoms with Crippen molar-refractivity contribution in [3.05, 3.63) is 11.6 Å². The van der Waals surface area contributed by atoms with Gasteiger partial charge in [0.1, 0.15) is 16.8 Å². The van der Waals surface area contributed by atoms with E-state index in [0.29, 0.717) is 38.3 Å². The molecule has 3 aliphatic heterocycles. The predicted molar refractivity (Wildman–Crippen MR) is 107 cm³/mol. The maximum absolute atomic E-state index is 12.0. The Morgan fingerprint density at radius 2 is 1.63 bits per heavy atom. The molecule has 0 radical (unpaired) electrons. The van der Waals surface area contributed by atoms with Crippen LogP contribution < -0.4 is 0 Å². The van der Waals surface area contributed by atoms with Crippen LogP contribution in [0.25, 0.3) is 0 Å². The van der Waals surface area contributed by atoms with E-state index in [4.69, 9.17) is 23.7 Å². The van der Waals surface area contributed by atoms with Crippen LogP contribution in [-0.2, 0) is 23.7 Å². The van der Waals surface area contributed by atoms with Gasteiger partial charge in [0.05, 0.1) is 26.4 Å². The van der Waals surface area contributed by atoms with Crippen molar-refractivity contribution in [1.29, 1.82) is 0 Å². The van der Waals surface area contributed by atoms with E-state index in [0.717, 1.165) is 51.4 Å². The van der Waals surface area contributed by atoms with E-state index in [1.165, 1.54) is 5.57 Å². The Morgan fingerprint density at radius 3 is 2.40 bits per heavy atom. The minimum Gasteiger partial charge on any atom is -0.384 e. The molecule has 4 aliphatic carbocycles. The van der Waals surface area contributed by atoms with Crippen LogP contribution in [0.15, 0.2) is 11.6 Å². The van der Waals surface area contributed by atoms with Crippen molar-refractivity contribution in [2.45, 2.75) is 93.6 Å². The molecule has 0 amide bonds. The van der Waals surface area contributed by atoms with Gasteiger partial charge in [0, 0.05) is 18.3 Å². The maximum Gasteiger partial charge on any atom is 0.195 e. The lowest BCUT2D eigenvalue weighted by Gasteiger charge is -2.55. The molecule has 0 aromatic carbocycles. The van der Waals surface area contributed by atoms with E-state index in [1.54, 1.807) is 0 Å². The molecule has 0 unspecified atom stereocenters. The summed E-state index contributed by atoms with van der Waals surface area (Å²) >= 11 is 0. The molecule has 3 saturated carbocycles. The van der Waals surface area contributed by atoms with Crippen LogP contribution in [0.2, 0.25) is 0 Å². The second-order valence-corrected chi connectivity index (χ2v) is 11.3. The van der Waals surface area contributed by atoms with E-state index >= 15 is 0 Å². The van der Waals surface area contributed by atoms with Crippen LogP contribution in [0.3, 0.4) is 0 Å². The number of hydrogen-bond donors (Lipinski definition) is 1. The van der Waals surface area contributed by atoms with Crippen molar-refractivity contribution in [2.24, 2.45) is 17.3 Å². The Kier molecular flexibility index (Phi) is 3.50. The highest BCUT2D eigenvalue weighted by Crippen LogP contribution is 2.74. The lowest BCUT2D eigenvalue weighted by molar-refractivity contribution is -0.293. The molecule has 6 nitrogen and oxygen atoms in total. The van der Waals surface area contributed by atoms with Crippen LogP contribution >= 0.6 is 0 Å². The molecule has 30 heavy (non-hydrogen) atoms. The van der Waals surface area contributed by atoms with Gasteiger partial charge in [-0.2, -0.15) is 0 Å². The number of hydrogen-bond acceptors (Lipinski definition) is 6. The third kappa shape index (κ3) is 1.95. The van der Waals surface area contributed by atoms with Crippen LogP contribution in [0, 0.1) is 17.3 Å². The summed E-state index contributed by atoms with van der Waals surface area (Å²) in [5, 5.41) is 12.0. The van der Waals surface area contributed by atoms with Gasteiger partial charge in [0.15, 0.2) is 11.6 Å². The molecule has 3 heterocycles. The molecule has 0 aromatic heterocycles. The largest absolute Gasteiger partial charge is 0.384 e. The Morgan fingerprint density at radius 1 is 0.900 bits per heavy atom. The lowest BCUT2D eigenvalue weighted by atomic mass is 9.52. The molecule has 1 N–H and O–H groups in total. The van der Waals surface area contributed by atoms with Gasteiger partial charge < -0.3 is 28.8 Å². The fourth-order valence-corrected chi connectivity index (χ4v) is 8.85. The molecule has 6 atom stereocenters. The second-order valence-electron chi connectivity index (χ2n) is 11.3. The molecule has 1 spiro atoms. The van der Waals surface area contributed by atoms with Crippen LogP contribution in [0.4, 0.5) is 0 Å². The van der Waals surface area contributed by atoms with Gasteiger partial charge in [0.2, 0.25) is 0 Å². The smallest absolute Gasteiger partial charge is 0.195 e. The van der Waals surface area contributed by atoms with Gasteiger partial charge in [-0.25, -0.2) is 0 Å². The van der Waals surface area contributed by atoms with Crippen LogP contribution in [0.1, 0.15) is 65.2 Å². The van der Waals surface area contributed by atoms with Crippen molar-refractivity contribution in [3.63, 3.8) is 0 Å². The first kappa shape index (κ1) is 19.0. The standard InChI is InChI=1S/C24H34O6/c1-19-6-4-18-16(17(19)5-8-24(19,25)20(2)26-11-12-27-20)3-7-21-15-22(28-13-14-29-22)9-10-23(18,21)30-21/h4,16-17,25H,3,5-15H2,1-2H3/t16-,17-,19-,21+,23+,24+/m0/s1. The Hall–Kier alpha value is -0.500. The zero-order valence-corrected chi connectivity index (χ0v) is 18.2. The van der Waals surface area contributed by atoms with Gasteiger partial charge in [-0.1, -0.05) is 13.0 Å². The van der Waals surface area contributed by atoms with Gasteiger partial charge in [-0.3, -0.25) is 0 Å². The predicted octanol–water partition coefficient (Wildman–Crippen LogP) is 3.07. The zero-order chi connectivity index (χ0) is 20.5. The van der Waals surface area contributed by atoms with E-state index < -0.39 is 17.2 Å². The highest BCUT2D eigenvalue weighted by molar-refractivity contribution is 5.43. The van der Waals surface area contributed by atoms with Crippen LogP contribution in [-0.4, -0.2) is 59.9 Å². The minimum absolute atomic E-state index is 0.0930. The molecular formula is C24H34O6. The maximum atomic E-state index is 12.0. The summed E-state index contributed by atoms with van der Waals surface area (Å²) < 4.78 is 30.8. The Bertz CT molecular complexity index is 813. The third-order valence-corrected chi connectivity index (χ3v) is 10.4. The fraction of sp³-hybridized carbons (Fsp3) is 0.917. The topological polar surface area (TPSA) is 69.7 Å². The van der Waals surface area contributed by atoms with Gasteiger partial charge in [0.25, 0.3) is 0 Å². The first-order valence-corrected chi connectivity index (χ1v) is 12.0. The number of rotatable bonds is 1. The number of aliphatic hydroxyl groups is 1.